The van der Waals surface area contributed by atoms with Crippen molar-refractivity contribution < 1.29 is 0 Å². The smallest absolute Gasteiger partial charge is 0.0629 e. The Bertz CT molecular complexity index is 740. The predicted molar refractivity (Wildman–Crippen MR) is 96.3 cm³/mol. The molecule has 2 nitrogen and oxygen atoms in total. The summed E-state index contributed by atoms with van der Waals surface area (Å²) in [5.74, 6) is 0. The summed E-state index contributed by atoms with van der Waals surface area (Å²) in [4.78, 5) is 6.87. The zero-order chi connectivity index (χ0) is 15.7. The van der Waals surface area contributed by atoms with Crippen LogP contribution in [0.1, 0.15) is 31.9 Å². The normalized spacial score (nSPS) is 16.5. The molecule has 0 saturated carbocycles. The Balaban J connectivity index is 1.95. The Labute approximate surface area is 132 Å². The van der Waals surface area contributed by atoms with Gasteiger partial charge in [0.1, 0.15) is 0 Å². The molecule has 1 heterocycles. The van der Waals surface area contributed by atoms with Crippen LogP contribution in [0.3, 0.4) is 0 Å². The van der Waals surface area contributed by atoms with E-state index >= 15 is 0 Å². The maximum atomic E-state index is 4.54. The molecule has 22 heavy (non-hydrogen) atoms. The molecule has 0 aliphatic carbocycles. The average molecular weight is 290 g/mol. The van der Waals surface area contributed by atoms with E-state index in [1.54, 1.807) is 0 Å². The molecule has 0 unspecified atom stereocenters. The topological polar surface area (TPSA) is 15.6 Å². The third-order valence-corrected chi connectivity index (χ3v) is 4.36. The number of benzene rings is 2. The van der Waals surface area contributed by atoms with E-state index in [2.05, 4.69) is 62.0 Å². The van der Waals surface area contributed by atoms with Crippen LogP contribution in [0.5, 0.6) is 0 Å². The lowest BCUT2D eigenvalue weighted by Crippen LogP contribution is -2.42. The Morgan fingerprint density at radius 3 is 2.50 bits per heavy atom. The minimum Gasteiger partial charge on any atom is -0.366 e. The van der Waals surface area contributed by atoms with Crippen LogP contribution in [0.4, 0.5) is 11.4 Å². The number of para-hydroxylation sites is 1. The first kappa shape index (κ1) is 14.6. The molecular formula is C20H22N2. The van der Waals surface area contributed by atoms with Gasteiger partial charge < -0.3 is 4.90 Å². The highest BCUT2D eigenvalue weighted by atomic mass is 15.2. The Morgan fingerprint density at radius 2 is 1.77 bits per heavy atom. The van der Waals surface area contributed by atoms with Gasteiger partial charge in [0.2, 0.25) is 0 Å². The number of rotatable bonds is 2. The monoisotopic (exact) mass is 290 g/mol. The van der Waals surface area contributed by atoms with Crippen molar-refractivity contribution in [2.45, 2.75) is 26.3 Å². The molecule has 0 amide bonds. The summed E-state index contributed by atoms with van der Waals surface area (Å²) in [5.41, 5.74) is 6.06. The Morgan fingerprint density at radius 1 is 1.05 bits per heavy atom. The molecule has 2 heteroatoms. The van der Waals surface area contributed by atoms with E-state index in [-0.39, 0.29) is 5.54 Å². The van der Waals surface area contributed by atoms with Gasteiger partial charge in [-0.1, -0.05) is 30.3 Å². The van der Waals surface area contributed by atoms with E-state index in [9.17, 15) is 0 Å². The van der Waals surface area contributed by atoms with Crippen LogP contribution < -0.4 is 4.90 Å². The number of anilines is 1. The summed E-state index contributed by atoms with van der Waals surface area (Å²) in [7, 11) is 2.15. The molecule has 0 bridgehead atoms. The van der Waals surface area contributed by atoms with E-state index in [0.717, 1.165) is 11.3 Å². The van der Waals surface area contributed by atoms with Crippen molar-refractivity contribution in [1.82, 2.24) is 0 Å². The van der Waals surface area contributed by atoms with Gasteiger partial charge in [0.25, 0.3) is 0 Å². The van der Waals surface area contributed by atoms with E-state index in [4.69, 9.17) is 0 Å². The summed E-state index contributed by atoms with van der Waals surface area (Å²) >= 11 is 0. The van der Waals surface area contributed by atoms with Crippen LogP contribution in [-0.4, -0.2) is 18.8 Å². The standard InChI is InChI=1S/C20H22N2/c1-15-13-20(2,3)22(4)19-11-10-16(12-18(15)19)14-21-17-8-6-5-7-9-17/h5-14H,1-4H3. The van der Waals surface area contributed by atoms with Crippen LogP contribution in [0.15, 0.2) is 59.6 Å². The summed E-state index contributed by atoms with van der Waals surface area (Å²) in [6.07, 6.45) is 4.26. The van der Waals surface area contributed by atoms with Crippen molar-refractivity contribution in [2.75, 3.05) is 11.9 Å². The zero-order valence-corrected chi connectivity index (χ0v) is 13.7. The van der Waals surface area contributed by atoms with E-state index < -0.39 is 0 Å². The summed E-state index contributed by atoms with van der Waals surface area (Å²) in [5, 5.41) is 0. The molecule has 112 valence electrons. The molecular weight excluding hydrogens is 268 g/mol. The molecule has 0 radical (unpaired) electrons. The van der Waals surface area contributed by atoms with Gasteiger partial charge in [0.05, 0.1) is 11.2 Å². The second-order valence-corrected chi connectivity index (χ2v) is 6.41. The van der Waals surface area contributed by atoms with Gasteiger partial charge >= 0.3 is 0 Å². The highest BCUT2D eigenvalue weighted by molar-refractivity contribution is 5.88. The SMILES string of the molecule is CC1=CC(C)(C)N(C)c2ccc(C=Nc3ccccc3)cc21. The molecule has 0 spiro atoms. The summed E-state index contributed by atoms with van der Waals surface area (Å²) in [6.45, 7) is 6.67. The van der Waals surface area contributed by atoms with Gasteiger partial charge in [-0.3, -0.25) is 4.99 Å². The Hall–Kier alpha value is -2.35. The molecule has 3 rings (SSSR count). The predicted octanol–water partition coefficient (Wildman–Crippen LogP) is 5.07. The van der Waals surface area contributed by atoms with Crippen molar-refractivity contribution in [3.8, 4) is 0 Å². The molecule has 0 atom stereocenters. The number of hydrogen-bond acceptors (Lipinski definition) is 2. The molecule has 1 aliphatic heterocycles. The molecule has 2 aromatic carbocycles. The third-order valence-electron chi connectivity index (χ3n) is 4.36. The number of allylic oxidation sites excluding steroid dienone is 1. The fraction of sp³-hybridized carbons (Fsp3) is 0.250. The highest BCUT2D eigenvalue weighted by Gasteiger charge is 2.28. The third kappa shape index (κ3) is 2.69. The molecule has 1 aliphatic rings. The fourth-order valence-electron chi connectivity index (χ4n) is 2.92. The zero-order valence-electron chi connectivity index (χ0n) is 13.7. The van der Waals surface area contributed by atoms with Gasteiger partial charge in [-0.25, -0.2) is 0 Å². The lowest BCUT2D eigenvalue weighted by atomic mass is 9.89. The van der Waals surface area contributed by atoms with Crippen molar-refractivity contribution >= 4 is 23.2 Å². The number of likely N-dealkylation sites (N-methyl/N-ethyl adjacent to an activating group) is 1. The average Bonchev–Trinajstić information content (AvgIpc) is 2.51. The van der Waals surface area contributed by atoms with E-state index in [0.29, 0.717) is 0 Å². The largest absolute Gasteiger partial charge is 0.366 e. The van der Waals surface area contributed by atoms with Crippen LogP contribution in [0, 0.1) is 0 Å². The molecule has 0 aromatic heterocycles. The van der Waals surface area contributed by atoms with Crippen LogP contribution in [-0.2, 0) is 0 Å². The van der Waals surface area contributed by atoms with Crippen molar-refractivity contribution in [2.24, 2.45) is 4.99 Å². The van der Waals surface area contributed by atoms with E-state index in [1.165, 1.54) is 16.8 Å². The van der Waals surface area contributed by atoms with Crippen LogP contribution >= 0.6 is 0 Å². The van der Waals surface area contributed by atoms with Gasteiger partial charge in [-0.05, 0) is 56.2 Å². The van der Waals surface area contributed by atoms with E-state index in [1.807, 2.05) is 36.5 Å². The van der Waals surface area contributed by atoms with Crippen molar-refractivity contribution in [1.29, 1.82) is 0 Å². The van der Waals surface area contributed by atoms with Crippen molar-refractivity contribution in [3.63, 3.8) is 0 Å². The summed E-state index contributed by atoms with van der Waals surface area (Å²) < 4.78 is 0. The lowest BCUT2D eigenvalue weighted by molar-refractivity contribution is 0.598. The highest BCUT2D eigenvalue weighted by Crippen LogP contribution is 2.37. The Kier molecular flexibility index (Phi) is 3.61. The molecule has 0 saturated heterocycles. The van der Waals surface area contributed by atoms with Crippen LogP contribution in [0.25, 0.3) is 5.57 Å². The fourth-order valence-corrected chi connectivity index (χ4v) is 2.92. The van der Waals surface area contributed by atoms with Gasteiger partial charge in [-0.15, -0.1) is 0 Å². The maximum absolute atomic E-state index is 4.54. The number of hydrogen-bond donors (Lipinski definition) is 0. The van der Waals surface area contributed by atoms with Gasteiger partial charge in [0.15, 0.2) is 0 Å². The first-order chi connectivity index (χ1) is 10.5. The molecule has 2 aromatic rings. The molecule has 0 N–H and O–H groups in total. The maximum Gasteiger partial charge on any atom is 0.0629 e. The number of fused-ring (bicyclic) bond motifs is 1. The minimum atomic E-state index is 0.0523. The number of nitrogens with zero attached hydrogens (tertiary/aromatic N) is 2. The number of aliphatic imine (C=N–C) groups is 1. The summed E-state index contributed by atoms with van der Waals surface area (Å²) in [6, 6.07) is 16.6. The second kappa shape index (κ2) is 5.45. The van der Waals surface area contributed by atoms with Gasteiger partial charge in [-0.2, -0.15) is 0 Å². The lowest BCUT2D eigenvalue weighted by Gasteiger charge is -2.40. The second-order valence-electron chi connectivity index (χ2n) is 6.41. The quantitative estimate of drug-likeness (QED) is 0.705. The first-order valence-corrected chi connectivity index (χ1v) is 7.64. The van der Waals surface area contributed by atoms with Crippen LogP contribution in [0.2, 0.25) is 0 Å². The minimum absolute atomic E-state index is 0.0523. The van der Waals surface area contributed by atoms with Gasteiger partial charge in [0, 0.05) is 24.5 Å². The first-order valence-electron chi connectivity index (χ1n) is 7.64. The van der Waals surface area contributed by atoms with Crippen molar-refractivity contribution in [3.05, 3.63) is 65.7 Å². The molecule has 0 fully saturated rings.